The molecule has 0 aliphatic carbocycles. The fourth-order valence-electron chi connectivity index (χ4n) is 2.37. The highest BCUT2D eigenvalue weighted by atomic mass is 16.3. The molecule has 1 rings (SSSR count). The predicted octanol–water partition coefficient (Wildman–Crippen LogP) is 2.85. The number of nitrogens with one attached hydrogen (secondary N) is 1. The zero-order valence-corrected chi connectivity index (χ0v) is 10.2. The molecule has 0 amide bonds. The third kappa shape index (κ3) is 6.16. The number of unbranched alkanes of at least 4 members (excludes halogenated alkanes) is 6. The number of hydrogen-bond acceptors (Lipinski definition) is 2. The number of aliphatic hydroxyl groups excluding tert-OH is 1. The molecule has 1 fully saturated rings. The SMILES string of the molecule is CCCCCCCCCC1CC(O)CN1. The predicted molar refractivity (Wildman–Crippen MR) is 65.0 cm³/mol. The Kier molecular flexibility index (Phi) is 7.03. The Bertz CT molecular complexity index is 149. The highest BCUT2D eigenvalue weighted by molar-refractivity contribution is 4.80. The zero-order valence-electron chi connectivity index (χ0n) is 10.2. The lowest BCUT2D eigenvalue weighted by atomic mass is 10.0. The van der Waals surface area contributed by atoms with Gasteiger partial charge in [-0.1, -0.05) is 51.9 Å². The van der Waals surface area contributed by atoms with E-state index in [-0.39, 0.29) is 6.10 Å². The summed E-state index contributed by atoms with van der Waals surface area (Å²) < 4.78 is 0. The first-order valence-corrected chi connectivity index (χ1v) is 6.74. The Morgan fingerprint density at radius 3 is 2.33 bits per heavy atom. The highest BCUT2D eigenvalue weighted by Gasteiger charge is 2.20. The molecular weight excluding hydrogens is 186 g/mol. The van der Waals surface area contributed by atoms with Crippen molar-refractivity contribution in [2.75, 3.05) is 6.54 Å². The third-order valence-corrected chi connectivity index (χ3v) is 3.35. The fourth-order valence-corrected chi connectivity index (χ4v) is 2.37. The van der Waals surface area contributed by atoms with Crippen LogP contribution in [-0.2, 0) is 0 Å². The van der Waals surface area contributed by atoms with Crippen LogP contribution in [0, 0.1) is 0 Å². The van der Waals surface area contributed by atoms with Crippen LogP contribution in [-0.4, -0.2) is 23.8 Å². The molecule has 0 spiro atoms. The molecule has 0 aromatic carbocycles. The van der Waals surface area contributed by atoms with E-state index in [2.05, 4.69) is 12.2 Å². The normalized spacial score (nSPS) is 26.0. The van der Waals surface area contributed by atoms with Crippen molar-refractivity contribution in [3.8, 4) is 0 Å². The quantitative estimate of drug-likeness (QED) is 0.608. The summed E-state index contributed by atoms with van der Waals surface area (Å²) >= 11 is 0. The molecule has 0 aromatic heterocycles. The van der Waals surface area contributed by atoms with Gasteiger partial charge in [0.25, 0.3) is 0 Å². The molecule has 2 nitrogen and oxygen atoms in total. The minimum Gasteiger partial charge on any atom is -0.392 e. The molecule has 90 valence electrons. The van der Waals surface area contributed by atoms with Gasteiger partial charge >= 0.3 is 0 Å². The molecule has 0 radical (unpaired) electrons. The monoisotopic (exact) mass is 213 g/mol. The van der Waals surface area contributed by atoms with Crippen molar-refractivity contribution in [2.24, 2.45) is 0 Å². The van der Waals surface area contributed by atoms with Gasteiger partial charge in [-0.3, -0.25) is 0 Å². The summed E-state index contributed by atoms with van der Waals surface area (Å²) in [5.41, 5.74) is 0. The van der Waals surface area contributed by atoms with Gasteiger partial charge in [-0.05, 0) is 12.8 Å². The van der Waals surface area contributed by atoms with Gasteiger partial charge in [0, 0.05) is 12.6 Å². The van der Waals surface area contributed by atoms with Gasteiger partial charge < -0.3 is 10.4 Å². The summed E-state index contributed by atoms with van der Waals surface area (Å²) in [6.07, 6.45) is 11.8. The first-order valence-electron chi connectivity index (χ1n) is 6.74. The summed E-state index contributed by atoms with van der Waals surface area (Å²) in [7, 11) is 0. The van der Waals surface area contributed by atoms with Gasteiger partial charge in [0.15, 0.2) is 0 Å². The first kappa shape index (κ1) is 13.0. The molecule has 0 aromatic rings. The van der Waals surface area contributed by atoms with Crippen molar-refractivity contribution in [1.29, 1.82) is 0 Å². The molecule has 1 aliphatic heterocycles. The summed E-state index contributed by atoms with van der Waals surface area (Å²) in [5.74, 6) is 0. The lowest BCUT2D eigenvalue weighted by Crippen LogP contribution is -2.21. The molecule has 0 bridgehead atoms. The molecule has 2 atom stereocenters. The van der Waals surface area contributed by atoms with Crippen LogP contribution in [0.15, 0.2) is 0 Å². The van der Waals surface area contributed by atoms with Crippen LogP contribution in [0.2, 0.25) is 0 Å². The van der Waals surface area contributed by atoms with Crippen molar-refractivity contribution in [1.82, 2.24) is 5.32 Å². The van der Waals surface area contributed by atoms with Crippen molar-refractivity contribution < 1.29 is 5.11 Å². The average Bonchev–Trinajstić information content (AvgIpc) is 2.63. The maximum Gasteiger partial charge on any atom is 0.0679 e. The van der Waals surface area contributed by atoms with Gasteiger partial charge in [0.1, 0.15) is 0 Å². The number of hydrogen-bond donors (Lipinski definition) is 2. The van der Waals surface area contributed by atoms with Crippen LogP contribution in [0.5, 0.6) is 0 Å². The molecule has 0 saturated carbocycles. The molecule has 1 saturated heterocycles. The van der Waals surface area contributed by atoms with Gasteiger partial charge in [0.05, 0.1) is 6.10 Å². The van der Waals surface area contributed by atoms with E-state index >= 15 is 0 Å². The van der Waals surface area contributed by atoms with Crippen molar-refractivity contribution >= 4 is 0 Å². The lowest BCUT2D eigenvalue weighted by molar-refractivity contribution is 0.192. The van der Waals surface area contributed by atoms with Gasteiger partial charge in [0.2, 0.25) is 0 Å². The van der Waals surface area contributed by atoms with E-state index in [0.717, 1.165) is 13.0 Å². The average molecular weight is 213 g/mol. The van der Waals surface area contributed by atoms with E-state index in [1.165, 1.54) is 51.4 Å². The van der Waals surface area contributed by atoms with Crippen LogP contribution in [0.1, 0.15) is 64.7 Å². The van der Waals surface area contributed by atoms with Crippen LogP contribution in [0.3, 0.4) is 0 Å². The summed E-state index contributed by atoms with van der Waals surface area (Å²) in [6.45, 7) is 3.07. The van der Waals surface area contributed by atoms with E-state index in [4.69, 9.17) is 0 Å². The topological polar surface area (TPSA) is 32.3 Å². The highest BCUT2D eigenvalue weighted by Crippen LogP contribution is 2.15. The maximum absolute atomic E-state index is 9.34. The molecule has 15 heavy (non-hydrogen) atoms. The van der Waals surface area contributed by atoms with E-state index in [1.807, 2.05) is 0 Å². The van der Waals surface area contributed by atoms with E-state index in [0.29, 0.717) is 6.04 Å². The molecule has 1 heterocycles. The minimum absolute atomic E-state index is 0.0837. The molecule has 2 unspecified atom stereocenters. The lowest BCUT2D eigenvalue weighted by Gasteiger charge is -2.09. The Morgan fingerprint density at radius 1 is 1.07 bits per heavy atom. The van der Waals surface area contributed by atoms with Crippen LogP contribution < -0.4 is 5.32 Å². The standard InChI is InChI=1S/C13H27NO/c1-2-3-4-5-6-7-8-9-12-10-13(15)11-14-12/h12-15H,2-11H2,1H3. The second-order valence-electron chi connectivity index (χ2n) is 4.90. The summed E-state index contributed by atoms with van der Waals surface area (Å²) in [5, 5.41) is 12.7. The van der Waals surface area contributed by atoms with Crippen LogP contribution >= 0.6 is 0 Å². The minimum atomic E-state index is -0.0837. The van der Waals surface area contributed by atoms with Crippen LogP contribution in [0.25, 0.3) is 0 Å². The largest absolute Gasteiger partial charge is 0.392 e. The molecule has 2 heteroatoms. The molecular formula is C13H27NO. The smallest absolute Gasteiger partial charge is 0.0679 e. The Morgan fingerprint density at radius 2 is 1.73 bits per heavy atom. The first-order chi connectivity index (χ1) is 7.33. The Labute approximate surface area is 94.5 Å². The van der Waals surface area contributed by atoms with Gasteiger partial charge in [-0.15, -0.1) is 0 Å². The third-order valence-electron chi connectivity index (χ3n) is 3.35. The number of rotatable bonds is 8. The summed E-state index contributed by atoms with van der Waals surface area (Å²) in [6, 6.07) is 0.593. The Hall–Kier alpha value is -0.0800. The van der Waals surface area contributed by atoms with Crippen molar-refractivity contribution in [2.45, 2.75) is 76.9 Å². The van der Waals surface area contributed by atoms with Gasteiger partial charge in [-0.25, -0.2) is 0 Å². The maximum atomic E-state index is 9.34. The second-order valence-corrected chi connectivity index (χ2v) is 4.90. The molecule has 2 N–H and O–H groups in total. The van der Waals surface area contributed by atoms with Crippen molar-refractivity contribution in [3.63, 3.8) is 0 Å². The second kappa shape index (κ2) is 8.12. The van der Waals surface area contributed by atoms with Gasteiger partial charge in [-0.2, -0.15) is 0 Å². The van der Waals surface area contributed by atoms with E-state index < -0.39 is 0 Å². The summed E-state index contributed by atoms with van der Waals surface area (Å²) in [4.78, 5) is 0. The van der Waals surface area contributed by atoms with Crippen molar-refractivity contribution in [3.05, 3.63) is 0 Å². The fraction of sp³-hybridized carbons (Fsp3) is 1.00. The number of aliphatic hydroxyl groups is 1. The van der Waals surface area contributed by atoms with E-state index in [9.17, 15) is 5.11 Å². The Balaban J connectivity index is 1.81. The molecule has 1 aliphatic rings. The van der Waals surface area contributed by atoms with Crippen LogP contribution in [0.4, 0.5) is 0 Å². The number of β-amino-alcohol motifs (C(OH)–C–C–N with tert-alkyl or cyclic N) is 1. The van der Waals surface area contributed by atoms with E-state index in [1.54, 1.807) is 0 Å². The zero-order chi connectivity index (χ0) is 10.9.